The maximum atomic E-state index is 6.18. The maximum Gasteiger partial charge on any atom is 0.0451 e. The fourth-order valence-electron chi connectivity index (χ4n) is 2.54. The van der Waals surface area contributed by atoms with Crippen LogP contribution in [-0.4, -0.2) is 24.5 Å². The van der Waals surface area contributed by atoms with Gasteiger partial charge in [0.1, 0.15) is 0 Å². The van der Waals surface area contributed by atoms with E-state index in [1.165, 1.54) is 37.9 Å². The molecule has 0 aromatic heterocycles. The standard InChI is InChI=1S/C14H21ClN2/c15-14-4-2-1-3-13(14)11-17-9-6-12(5-8-16)7-10-17/h1-4,12H,5-11,16H2. The molecule has 1 aliphatic rings. The molecule has 1 heterocycles. The third-order valence-electron chi connectivity index (χ3n) is 3.63. The van der Waals surface area contributed by atoms with E-state index in [0.717, 1.165) is 24.0 Å². The SMILES string of the molecule is NCCC1CCN(Cc2ccccc2Cl)CC1. The molecule has 0 spiro atoms. The van der Waals surface area contributed by atoms with E-state index in [4.69, 9.17) is 17.3 Å². The first-order chi connectivity index (χ1) is 8.29. The topological polar surface area (TPSA) is 29.3 Å². The largest absolute Gasteiger partial charge is 0.330 e. The molecule has 0 amide bonds. The van der Waals surface area contributed by atoms with Gasteiger partial charge in [0.25, 0.3) is 0 Å². The summed E-state index contributed by atoms with van der Waals surface area (Å²) in [6, 6.07) is 8.13. The first kappa shape index (κ1) is 12.9. The Morgan fingerprint density at radius 3 is 2.59 bits per heavy atom. The van der Waals surface area contributed by atoms with Crippen LogP contribution in [0.1, 0.15) is 24.8 Å². The van der Waals surface area contributed by atoms with Gasteiger partial charge in [0, 0.05) is 11.6 Å². The molecule has 1 fully saturated rings. The summed E-state index contributed by atoms with van der Waals surface area (Å²) in [5.41, 5.74) is 6.85. The summed E-state index contributed by atoms with van der Waals surface area (Å²) in [7, 11) is 0. The highest BCUT2D eigenvalue weighted by molar-refractivity contribution is 6.31. The quantitative estimate of drug-likeness (QED) is 0.893. The molecular weight excluding hydrogens is 232 g/mol. The number of rotatable bonds is 4. The molecule has 17 heavy (non-hydrogen) atoms. The molecule has 2 N–H and O–H groups in total. The normalized spacial score (nSPS) is 18.5. The van der Waals surface area contributed by atoms with Crippen LogP contribution < -0.4 is 5.73 Å². The van der Waals surface area contributed by atoms with E-state index in [9.17, 15) is 0 Å². The van der Waals surface area contributed by atoms with Gasteiger partial charge in [-0.3, -0.25) is 4.90 Å². The van der Waals surface area contributed by atoms with Crippen molar-refractivity contribution in [3.63, 3.8) is 0 Å². The van der Waals surface area contributed by atoms with Gasteiger partial charge in [-0.05, 0) is 56.4 Å². The molecule has 0 atom stereocenters. The van der Waals surface area contributed by atoms with Crippen LogP contribution in [0, 0.1) is 5.92 Å². The Kier molecular flexibility index (Phi) is 4.84. The number of benzene rings is 1. The van der Waals surface area contributed by atoms with Crippen LogP contribution in [0.3, 0.4) is 0 Å². The van der Waals surface area contributed by atoms with Gasteiger partial charge in [0.05, 0.1) is 0 Å². The fourth-order valence-corrected chi connectivity index (χ4v) is 2.73. The summed E-state index contributed by atoms with van der Waals surface area (Å²) in [6.45, 7) is 4.16. The molecule has 0 unspecified atom stereocenters. The Labute approximate surface area is 109 Å². The molecule has 1 aromatic rings. The minimum Gasteiger partial charge on any atom is -0.330 e. The molecule has 94 valence electrons. The number of halogens is 1. The van der Waals surface area contributed by atoms with Crippen molar-refractivity contribution >= 4 is 11.6 Å². The predicted molar refractivity (Wildman–Crippen MR) is 73.1 cm³/mol. The lowest BCUT2D eigenvalue weighted by Gasteiger charge is -2.32. The first-order valence-electron chi connectivity index (χ1n) is 6.45. The summed E-state index contributed by atoms with van der Waals surface area (Å²) in [5.74, 6) is 0.836. The second kappa shape index (κ2) is 6.39. The minimum atomic E-state index is 0.829. The third-order valence-corrected chi connectivity index (χ3v) is 4.00. The van der Waals surface area contributed by atoms with Gasteiger partial charge < -0.3 is 5.73 Å². The lowest BCUT2D eigenvalue weighted by Crippen LogP contribution is -2.33. The van der Waals surface area contributed by atoms with Crippen molar-refractivity contribution < 1.29 is 0 Å². The zero-order valence-electron chi connectivity index (χ0n) is 10.2. The van der Waals surface area contributed by atoms with Gasteiger partial charge >= 0.3 is 0 Å². The highest BCUT2D eigenvalue weighted by Crippen LogP contribution is 2.23. The van der Waals surface area contributed by atoms with E-state index < -0.39 is 0 Å². The first-order valence-corrected chi connectivity index (χ1v) is 6.83. The lowest BCUT2D eigenvalue weighted by molar-refractivity contribution is 0.173. The molecule has 1 saturated heterocycles. The molecule has 0 radical (unpaired) electrons. The maximum absolute atomic E-state index is 6.18. The van der Waals surface area contributed by atoms with Crippen molar-refractivity contribution in [2.75, 3.05) is 19.6 Å². The van der Waals surface area contributed by atoms with E-state index >= 15 is 0 Å². The average molecular weight is 253 g/mol. The monoisotopic (exact) mass is 252 g/mol. The number of nitrogens with two attached hydrogens (primary N) is 1. The second-order valence-electron chi connectivity index (χ2n) is 4.89. The van der Waals surface area contributed by atoms with Gasteiger partial charge in [0.15, 0.2) is 0 Å². The fraction of sp³-hybridized carbons (Fsp3) is 0.571. The molecule has 0 saturated carbocycles. The molecule has 3 heteroatoms. The summed E-state index contributed by atoms with van der Waals surface area (Å²) >= 11 is 6.18. The van der Waals surface area contributed by atoms with Gasteiger partial charge in [-0.15, -0.1) is 0 Å². The molecular formula is C14H21ClN2. The van der Waals surface area contributed by atoms with Gasteiger partial charge in [-0.2, -0.15) is 0 Å². The molecule has 1 aliphatic heterocycles. The van der Waals surface area contributed by atoms with E-state index in [-0.39, 0.29) is 0 Å². The van der Waals surface area contributed by atoms with E-state index in [1.54, 1.807) is 0 Å². The van der Waals surface area contributed by atoms with Gasteiger partial charge in [-0.1, -0.05) is 29.8 Å². The van der Waals surface area contributed by atoms with Crippen molar-refractivity contribution in [2.45, 2.75) is 25.8 Å². The van der Waals surface area contributed by atoms with Gasteiger partial charge in [0.2, 0.25) is 0 Å². The lowest BCUT2D eigenvalue weighted by atomic mass is 9.93. The molecule has 1 aromatic carbocycles. The van der Waals surface area contributed by atoms with Crippen LogP contribution in [0.4, 0.5) is 0 Å². The molecule has 2 nitrogen and oxygen atoms in total. The Hall–Kier alpha value is -0.570. The van der Waals surface area contributed by atoms with Crippen LogP contribution in [0.25, 0.3) is 0 Å². The van der Waals surface area contributed by atoms with Crippen molar-refractivity contribution in [3.05, 3.63) is 34.9 Å². The average Bonchev–Trinajstić information content (AvgIpc) is 2.35. The summed E-state index contributed by atoms with van der Waals surface area (Å²) < 4.78 is 0. The smallest absolute Gasteiger partial charge is 0.0451 e. The van der Waals surface area contributed by atoms with Crippen molar-refractivity contribution in [1.82, 2.24) is 4.90 Å². The Balaban J connectivity index is 1.84. The van der Waals surface area contributed by atoms with Crippen LogP contribution in [0.5, 0.6) is 0 Å². The van der Waals surface area contributed by atoms with E-state index in [2.05, 4.69) is 17.0 Å². The number of nitrogens with zero attached hydrogens (tertiary/aromatic N) is 1. The Bertz CT molecular complexity index is 346. The highest BCUT2D eigenvalue weighted by atomic mass is 35.5. The van der Waals surface area contributed by atoms with Gasteiger partial charge in [-0.25, -0.2) is 0 Å². The van der Waals surface area contributed by atoms with E-state index in [1.807, 2.05) is 12.1 Å². The third kappa shape index (κ3) is 3.70. The highest BCUT2D eigenvalue weighted by Gasteiger charge is 2.18. The van der Waals surface area contributed by atoms with Crippen LogP contribution in [0.2, 0.25) is 5.02 Å². The zero-order valence-corrected chi connectivity index (χ0v) is 11.0. The van der Waals surface area contributed by atoms with E-state index in [0.29, 0.717) is 0 Å². The number of hydrogen-bond acceptors (Lipinski definition) is 2. The Morgan fingerprint density at radius 2 is 1.94 bits per heavy atom. The number of piperidine rings is 1. The van der Waals surface area contributed by atoms with Crippen molar-refractivity contribution in [1.29, 1.82) is 0 Å². The minimum absolute atomic E-state index is 0.829. The molecule has 0 bridgehead atoms. The molecule has 2 rings (SSSR count). The summed E-state index contributed by atoms with van der Waals surface area (Å²) in [4.78, 5) is 2.49. The number of hydrogen-bond donors (Lipinski definition) is 1. The summed E-state index contributed by atoms with van der Waals surface area (Å²) in [5, 5.41) is 0.886. The second-order valence-corrected chi connectivity index (χ2v) is 5.30. The van der Waals surface area contributed by atoms with Crippen LogP contribution in [0.15, 0.2) is 24.3 Å². The van der Waals surface area contributed by atoms with Crippen LogP contribution in [-0.2, 0) is 6.54 Å². The Morgan fingerprint density at radius 1 is 1.24 bits per heavy atom. The van der Waals surface area contributed by atoms with Crippen molar-refractivity contribution in [2.24, 2.45) is 11.7 Å². The number of likely N-dealkylation sites (tertiary alicyclic amines) is 1. The molecule has 0 aliphatic carbocycles. The van der Waals surface area contributed by atoms with Crippen molar-refractivity contribution in [3.8, 4) is 0 Å². The summed E-state index contributed by atoms with van der Waals surface area (Å²) in [6.07, 6.45) is 3.74. The predicted octanol–water partition coefficient (Wildman–Crippen LogP) is 2.90. The van der Waals surface area contributed by atoms with Crippen LogP contribution >= 0.6 is 11.6 Å². The zero-order chi connectivity index (χ0) is 12.1.